The van der Waals surface area contributed by atoms with Crippen LogP contribution < -0.4 is 5.32 Å². The number of hydrogen-bond donors (Lipinski definition) is 2. The van der Waals surface area contributed by atoms with Crippen LogP contribution in [0.3, 0.4) is 0 Å². The third-order valence-corrected chi connectivity index (χ3v) is 2.17. The minimum atomic E-state index is -0.832. The molecule has 0 saturated carbocycles. The Balaban J connectivity index is 2.14. The van der Waals surface area contributed by atoms with Gasteiger partial charge >= 0.3 is 0 Å². The largest absolute Gasteiger partial charge is 0.467 e. The molecule has 2 N–H and O–H groups in total. The van der Waals surface area contributed by atoms with Gasteiger partial charge < -0.3 is 19.6 Å². The molecule has 1 atom stereocenters. The first-order valence-electron chi connectivity index (χ1n) is 5.67. The van der Waals surface area contributed by atoms with E-state index in [2.05, 4.69) is 12.2 Å². The summed E-state index contributed by atoms with van der Waals surface area (Å²) in [5.41, 5.74) is -0.832. The Kier molecular flexibility index (Phi) is 5.52. The fourth-order valence-corrected chi connectivity index (χ4v) is 1.35. The first-order chi connectivity index (χ1) is 7.64. The van der Waals surface area contributed by atoms with Gasteiger partial charge in [-0.3, -0.25) is 0 Å². The second-order valence-corrected chi connectivity index (χ2v) is 4.25. The Hall–Kier alpha value is -0.840. The summed E-state index contributed by atoms with van der Waals surface area (Å²) in [5, 5.41) is 13.1. The van der Waals surface area contributed by atoms with Crippen LogP contribution in [0.5, 0.6) is 0 Å². The quantitative estimate of drug-likeness (QED) is 0.662. The number of ether oxygens (including phenoxy) is 1. The third-order valence-electron chi connectivity index (χ3n) is 2.17. The number of aliphatic hydroxyl groups is 1. The second kappa shape index (κ2) is 6.68. The van der Waals surface area contributed by atoms with Crippen molar-refractivity contribution >= 4 is 0 Å². The average molecular weight is 227 g/mol. The van der Waals surface area contributed by atoms with Crippen LogP contribution in [-0.4, -0.2) is 30.4 Å². The lowest BCUT2D eigenvalue weighted by molar-refractivity contribution is -0.0412. The first kappa shape index (κ1) is 13.2. The summed E-state index contributed by atoms with van der Waals surface area (Å²) in [7, 11) is 0. The molecule has 0 aromatic carbocycles. The summed E-state index contributed by atoms with van der Waals surface area (Å²) in [6.07, 6.45) is 2.67. The highest BCUT2D eigenvalue weighted by atomic mass is 16.5. The predicted molar refractivity (Wildman–Crippen MR) is 62.1 cm³/mol. The molecule has 0 amide bonds. The smallest absolute Gasteiger partial charge is 0.129 e. The summed E-state index contributed by atoms with van der Waals surface area (Å²) < 4.78 is 10.5. The Morgan fingerprint density at radius 3 is 3.00 bits per heavy atom. The van der Waals surface area contributed by atoms with Gasteiger partial charge in [-0.15, -0.1) is 0 Å². The van der Waals surface area contributed by atoms with E-state index in [0.29, 0.717) is 19.8 Å². The van der Waals surface area contributed by atoms with Gasteiger partial charge in [0.25, 0.3) is 0 Å². The topological polar surface area (TPSA) is 54.6 Å². The lowest BCUT2D eigenvalue weighted by atomic mass is 10.1. The molecule has 4 nitrogen and oxygen atoms in total. The summed E-state index contributed by atoms with van der Waals surface area (Å²) in [6, 6.07) is 3.67. The van der Waals surface area contributed by atoms with Crippen molar-refractivity contribution < 1.29 is 14.3 Å². The summed E-state index contributed by atoms with van der Waals surface area (Å²) in [6.45, 7) is 6.00. The standard InChI is InChI=1S/C12H21NO3/c1-3-6-13-9-12(2,14)10-15-8-11-5-4-7-16-11/h4-5,7,13-14H,3,6,8-10H2,1-2H3. The van der Waals surface area contributed by atoms with Gasteiger partial charge in [0, 0.05) is 6.54 Å². The van der Waals surface area contributed by atoms with Gasteiger partial charge in [-0.05, 0) is 32.0 Å². The minimum Gasteiger partial charge on any atom is -0.467 e. The molecule has 0 aliphatic rings. The second-order valence-electron chi connectivity index (χ2n) is 4.25. The van der Waals surface area contributed by atoms with Crippen LogP contribution in [0.25, 0.3) is 0 Å². The molecule has 0 fully saturated rings. The number of rotatable bonds is 8. The molecular weight excluding hydrogens is 206 g/mol. The van der Waals surface area contributed by atoms with Gasteiger partial charge in [0.1, 0.15) is 12.4 Å². The van der Waals surface area contributed by atoms with Gasteiger partial charge in [-0.25, -0.2) is 0 Å². The predicted octanol–water partition coefficient (Wildman–Crippen LogP) is 1.55. The van der Waals surface area contributed by atoms with Crippen molar-refractivity contribution in [2.45, 2.75) is 32.5 Å². The number of nitrogens with one attached hydrogen (secondary N) is 1. The van der Waals surface area contributed by atoms with E-state index in [1.807, 2.05) is 12.1 Å². The lowest BCUT2D eigenvalue weighted by Crippen LogP contribution is -2.42. The van der Waals surface area contributed by atoms with Gasteiger partial charge in [-0.1, -0.05) is 6.92 Å². The molecule has 4 heteroatoms. The van der Waals surface area contributed by atoms with Crippen molar-refractivity contribution in [3.05, 3.63) is 24.2 Å². The van der Waals surface area contributed by atoms with Crippen LogP contribution in [0.4, 0.5) is 0 Å². The zero-order valence-corrected chi connectivity index (χ0v) is 10.0. The Morgan fingerprint density at radius 2 is 2.38 bits per heavy atom. The fraction of sp³-hybridized carbons (Fsp3) is 0.667. The number of furan rings is 1. The molecule has 0 aliphatic heterocycles. The lowest BCUT2D eigenvalue weighted by Gasteiger charge is -2.23. The minimum absolute atomic E-state index is 0.296. The van der Waals surface area contributed by atoms with E-state index >= 15 is 0 Å². The summed E-state index contributed by atoms with van der Waals surface area (Å²) >= 11 is 0. The van der Waals surface area contributed by atoms with Crippen LogP contribution >= 0.6 is 0 Å². The maximum atomic E-state index is 9.95. The van der Waals surface area contributed by atoms with E-state index in [1.165, 1.54) is 0 Å². The fourth-order valence-electron chi connectivity index (χ4n) is 1.35. The highest BCUT2D eigenvalue weighted by Crippen LogP contribution is 2.06. The van der Waals surface area contributed by atoms with E-state index in [1.54, 1.807) is 13.2 Å². The molecule has 16 heavy (non-hydrogen) atoms. The van der Waals surface area contributed by atoms with E-state index < -0.39 is 5.60 Å². The molecule has 1 aromatic rings. The average Bonchev–Trinajstić information content (AvgIpc) is 2.70. The number of hydrogen-bond acceptors (Lipinski definition) is 4. The Labute approximate surface area is 96.6 Å². The van der Waals surface area contributed by atoms with Crippen molar-refractivity contribution in [1.82, 2.24) is 5.32 Å². The molecule has 92 valence electrons. The molecule has 0 radical (unpaired) electrons. The van der Waals surface area contributed by atoms with Crippen molar-refractivity contribution in [3.63, 3.8) is 0 Å². The van der Waals surface area contributed by atoms with Gasteiger partial charge in [0.15, 0.2) is 0 Å². The Morgan fingerprint density at radius 1 is 1.56 bits per heavy atom. The molecule has 0 spiro atoms. The van der Waals surface area contributed by atoms with E-state index in [0.717, 1.165) is 18.7 Å². The van der Waals surface area contributed by atoms with Crippen molar-refractivity contribution in [2.75, 3.05) is 19.7 Å². The maximum Gasteiger partial charge on any atom is 0.129 e. The summed E-state index contributed by atoms with van der Waals surface area (Å²) in [5.74, 6) is 0.775. The maximum absolute atomic E-state index is 9.95. The molecule has 1 heterocycles. The molecule has 1 unspecified atom stereocenters. The van der Waals surface area contributed by atoms with Crippen LogP contribution in [0.1, 0.15) is 26.0 Å². The molecule has 1 rings (SSSR count). The van der Waals surface area contributed by atoms with Crippen LogP contribution in [0.15, 0.2) is 22.8 Å². The highest BCUT2D eigenvalue weighted by molar-refractivity contribution is 4.96. The van der Waals surface area contributed by atoms with Crippen molar-refractivity contribution in [2.24, 2.45) is 0 Å². The molecule has 1 aromatic heterocycles. The first-order valence-corrected chi connectivity index (χ1v) is 5.67. The van der Waals surface area contributed by atoms with E-state index in [9.17, 15) is 5.11 Å². The highest BCUT2D eigenvalue weighted by Gasteiger charge is 2.19. The third kappa shape index (κ3) is 5.30. The normalized spacial score (nSPS) is 14.9. The van der Waals surface area contributed by atoms with Crippen LogP contribution in [0.2, 0.25) is 0 Å². The van der Waals surface area contributed by atoms with Crippen molar-refractivity contribution in [1.29, 1.82) is 0 Å². The van der Waals surface area contributed by atoms with Gasteiger partial charge in [0.2, 0.25) is 0 Å². The van der Waals surface area contributed by atoms with Gasteiger partial charge in [-0.2, -0.15) is 0 Å². The van der Waals surface area contributed by atoms with Crippen LogP contribution in [0, 0.1) is 0 Å². The zero-order chi connectivity index (χ0) is 11.9. The van der Waals surface area contributed by atoms with Crippen LogP contribution in [-0.2, 0) is 11.3 Å². The van der Waals surface area contributed by atoms with E-state index in [4.69, 9.17) is 9.15 Å². The Bertz CT molecular complexity index is 270. The van der Waals surface area contributed by atoms with Gasteiger partial charge in [0.05, 0.1) is 18.5 Å². The van der Waals surface area contributed by atoms with Crippen molar-refractivity contribution in [3.8, 4) is 0 Å². The molecule has 0 bridgehead atoms. The monoisotopic (exact) mass is 227 g/mol. The zero-order valence-electron chi connectivity index (χ0n) is 10.0. The SMILES string of the molecule is CCCNCC(C)(O)COCc1ccco1. The van der Waals surface area contributed by atoms with E-state index in [-0.39, 0.29) is 0 Å². The summed E-state index contributed by atoms with van der Waals surface area (Å²) in [4.78, 5) is 0. The molecule has 0 saturated heterocycles. The molecular formula is C12H21NO3. The molecule has 0 aliphatic carbocycles.